The number of rotatable bonds is 4. The van der Waals surface area contributed by atoms with Gasteiger partial charge in [-0.2, -0.15) is 0 Å². The van der Waals surface area contributed by atoms with Crippen molar-refractivity contribution in [3.63, 3.8) is 0 Å². The molecule has 2 aromatic rings. The van der Waals surface area contributed by atoms with E-state index in [1.807, 2.05) is 30.3 Å². The van der Waals surface area contributed by atoms with E-state index in [0.717, 1.165) is 11.1 Å². The second-order valence-corrected chi connectivity index (χ2v) is 6.36. The Labute approximate surface area is 151 Å². The molecule has 0 aromatic heterocycles. The van der Waals surface area contributed by atoms with Crippen molar-refractivity contribution >= 4 is 17.8 Å². The molecule has 2 unspecified atom stereocenters. The average Bonchev–Trinajstić information content (AvgIpc) is 2.66. The molecule has 2 atom stereocenters. The number of carboxylic acid groups (broad SMARTS) is 1. The van der Waals surface area contributed by atoms with E-state index in [-0.39, 0.29) is 5.91 Å². The van der Waals surface area contributed by atoms with Crippen LogP contribution in [0.15, 0.2) is 54.6 Å². The number of carbonyl (C=O) groups excluding carboxylic acids is 2. The van der Waals surface area contributed by atoms with E-state index < -0.39 is 24.0 Å². The van der Waals surface area contributed by atoms with Gasteiger partial charge in [0.2, 0.25) is 5.91 Å². The smallest absolute Gasteiger partial charge is 0.325 e. The molecule has 3 rings (SSSR count). The number of benzene rings is 2. The van der Waals surface area contributed by atoms with Crippen molar-refractivity contribution in [1.82, 2.24) is 10.2 Å². The van der Waals surface area contributed by atoms with Crippen molar-refractivity contribution < 1.29 is 19.5 Å². The summed E-state index contributed by atoms with van der Waals surface area (Å²) in [4.78, 5) is 38.2. The lowest BCUT2D eigenvalue weighted by atomic mass is 9.92. The Bertz CT molecular complexity index is 835. The van der Waals surface area contributed by atoms with Gasteiger partial charge in [0.15, 0.2) is 0 Å². The quantitative estimate of drug-likeness (QED) is 0.879. The second-order valence-electron chi connectivity index (χ2n) is 6.36. The molecule has 0 bridgehead atoms. The first-order chi connectivity index (χ1) is 12.5. The summed E-state index contributed by atoms with van der Waals surface area (Å²) < 4.78 is 0. The molecule has 1 aliphatic heterocycles. The van der Waals surface area contributed by atoms with E-state index in [4.69, 9.17) is 5.11 Å². The second kappa shape index (κ2) is 7.39. The van der Waals surface area contributed by atoms with Crippen LogP contribution in [0.3, 0.4) is 0 Å². The third-order valence-electron chi connectivity index (χ3n) is 4.56. The van der Waals surface area contributed by atoms with E-state index in [0.29, 0.717) is 18.5 Å². The van der Waals surface area contributed by atoms with Crippen LogP contribution in [0, 0.1) is 0 Å². The molecule has 134 valence electrons. The predicted octanol–water partition coefficient (Wildman–Crippen LogP) is 1.84. The van der Waals surface area contributed by atoms with Crippen molar-refractivity contribution in [2.45, 2.75) is 32.0 Å². The fraction of sp³-hybridized carbons (Fsp3) is 0.250. The Morgan fingerprint density at radius 1 is 1.04 bits per heavy atom. The number of nitrogens with zero attached hydrogens (tertiary/aromatic N) is 1. The number of nitrogens with one attached hydrogen (secondary N) is 1. The summed E-state index contributed by atoms with van der Waals surface area (Å²) in [6, 6.07) is 14.7. The van der Waals surface area contributed by atoms with E-state index in [1.165, 1.54) is 11.8 Å². The van der Waals surface area contributed by atoms with Gasteiger partial charge in [-0.1, -0.05) is 42.5 Å². The lowest BCUT2D eigenvalue weighted by Crippen LogP contribution is -2.55. The van der Waals surface area contributed by atoms with Gasteiger partial charge < -0.3 is 15.3 Å². The first-order valence-corrected chi connectivity index (χ1v) is 8.43. The highest BCUT2D eigenvalue weighted by molar-refractivity contribution is 5.98. The highest BCUT2D eigenvalue weighted by Crippen LogP contribution is 2.25. The zero-order chi connectivity index (χ0) is 18.7. The molecule has 6 nitrogen and oxygen atoms in total. The predicted molar refractivity (Wildman–Crippen MR) is 95.5 cm³/mol. The minimum atomic E-state index is -1.12. The third-order valence-corrected chi connectivity index (χ3v) is 4.56. The SMILES string of the molecule is CC(NC(=O)C1Cc2ccccc2CN1C(=O)c1ccccc1)C(=O)O. The van der Waals surface area contributed by atoms with Crippen LogP contribution >= 0.6 is 0 Å². The van der Waals surface area contributed by atoms with E-state index >= 15 is 0 Å². The van der Waals surface area contributed by atoms with Crippen LogP contribution in [-0.2, 0) is 22.6 Å². The van der Waals surface area contributed by atoms with E-state index in [2.05, 4.69) is 5.32 Å². The molecular weight excluding hydrogens is 332 g/mol. The lowest BCUT2D eigenvalue weighted by Gasteiger charge is -2.36. The summed E-state index contributed by atoms with van der Waals surface area (Å²) >= 11 is 0. The van der Waals surface area contributed by atoms with Crippen LogP contribution in [-0.4, -0.2) is 39.9 Å². The van der Waals surface area contributed by atoms with Gasteiger partial charge in [0.05, 0.1) is 0 Å². The fourth-order valence-corrected chi connectivity index (χ4v) is 3.09. The van der Waals surface area contributed by atoms with Gasteiger partial charge in [-0.05, 0) is 30.2 Å². The summed E-state index contributed by atoms with van der Waals surface area (Å²) in [6.45, 7) is 1.71. The van der Waals surface area contributed by atoms with Crippen molar-refractivity contribution in [3.05, 3.63) is 71.3 Å². The van der Waals surface area contributed by atoms with Gasteiger partial charge in [-0.25, -0.2) is 0 Å². The van der Waals surface area contributed by atoms with Gasteiger partial charge >= 0.3 is 5.97 Å². The highest BCUT2D eigenvalue weighted by Gasteiger charge is 2.35. The number of amides is 2. The molecule has 2 N–H and O–H groups in total. The van der Waals surface area contributed by atoms with Crippen LogP contribution in [0.25, 0.3) is 0 Å². The normalized spacial score (nSPS) is 17.1. The Balaban J connectivity index is 1.91. The van der Waals surface area contributed by atoms with Crippen molar-refractivity contribution in [2.75, 3.05) is 0 Å². The monoisotopic (exact) mass is 352 g/mol. The first-order valence-electron chi connectivity index (χ1n) is 8.43. The van der Waals surface area contributed by atoms with E-state index in [1.54, 1.807) is 24.3 Å². The fourth-order valence-electron chi connectivity index (χ4n) is 3.09. The molecule has 6 heteroatoms. The topological polar surface area (TPSA) is 86.7 Å². The average molecular weight is 352 g/mol. The van der Waals surface area contributed by atoms with Gasteiger partial charge in [0.1, 0.15) is 12.1 Å². The van der Waals surface area contributed by atoms with Gasteiger partial charge in [-0.15, -0.1) is 0 Å². The number of carboxylic acids is 1. The number of carbonyl (C=O) groups is 3. The third kappa shape index (κ3) is 3.59. The van der Waals surface area contributed by atoms with Crippen LogP contribution in [0.5, 0.6) is 0 Å². The summed E-state index contributed by atoms with van der Waals surface area (Å²) in [7, 11) is 0. The molecule has 2 amide bonds. The Hall–Kier alpha value is -3.15. The number of aliphatic carboxylic acids is 1. The molecule has 2 aromatic carbocycles. The molecule has 0 fully saturated rings. The maximum atomic E-state index is 13.0. The Morgan fingerprint density at radius 2 is 1.65 bits per heavy atom. The highest BCUT2D eigenvalue weighted by atomic mass is 16.4. The molecule has 1 aliphatic rings. The molecule has 1 heterocycles. The molecule has 26 heavy (non-hydrogen) atoms. The zero-order valence-electron chi connectivity index (χ0n) is 14.4. The molecule has 0 aliphatic carbocycles. The van der Waals surface area contributed by atoms with Crippen LogP contribution in [0.4, 0.5) is 0 Å². The number of fused-ring (bicyclic) bond motifs is 1. The Morgan fingerprint density at radius 3 is 2.31 bits per heavy atom. The summed E-state index contributed by atoms with van der Waals surface area (Å²) in [5, 5.41) is 11.5. The van der Waals surface area contributed by atoms with Gasteiger partial charge in [0, 0.05) is 18.5 Å². The van der Waals surface area contributed by atoms with Gasteiger partial charge in [0.25, 0.3) is 5.91 Å². The molecule has 0 saturated heterocycles. The summed E-state index contributed by atoms with van der Waals surface area (Å²) in [5.41, 5.74) is 2.48. The zero-order valence-corrected chi connectivity index (χ0v) is 14.4. The largest absolute Gasteiger partial charge is 0.480 e. The number of hydrogen-bond acceptors (Lipinski definition) is 3. The summed E-state index contributed by atoms with van der Waals surface area (Å²) in [6.07, 6.45) is 0.354. The lowest BCUT2D eigenvalue weighted by molar-refractivity contribution is -0.142. The minimum absolute atomic E-state index is 0.247. The van der Waals surface area contributed by atoms with Gasteiger partial charge in [-0.3, -0.25) is 14.4 Å². The van der Waals surface area contributed by atoms with Crippen LogP contribution in [0.1, 0.15) is 28.4 Å². The minimum Gasteiger partial charge on any atom is -0.480 e. The number of hydrogen-bond donors (Lipinski definition) is 2. The molecule has 0 saturated carbocycles. The maximum Gasteiger partial charge on any atom is 0.325 e. The van der Waals surface area contributed by atoms with Crippen LogP contribution in [0.2, 0.25) is 0 Å². The first kappa shape index (κ1) is 17.7. The van der Waals surface area contributed by atoms with Crippen molar-refractivity contribution in [3.8, 4) is 0 Å². The molecular formula is C20H20N2O4. The molecule has 0 radical (unpaired) electrons. The standard InChI is InChI=1S/C20H20N2O4/c1-13(20(25)26)21-18(23)17-11-15-9-5-6-10-16(15)12-22(17)19(24)14-7-3-2-4-8-14/h2-10,13,17H,11-12H2,1H3,(H,21,23)(H,25,26). The maximum absolute atomic E-state index is 13.0. The van der Waals surface area contributed by atoms with E-state index in [9.17, 15) is 14.4 Å². The van der Waals surface area contributed by atoms with Crippen LogP contribution < -0.4 is 5.32 Å². The van der Waals surface area contributed by atoms with Crippen molar-refractivity contribution in [2.24, 2.45) is 0 Å². The van der Waals surface area contributed by atoms with Crippen molar-refractivity contribution in [1.29, 1.82) is 0 Å². The molecule has 0 spiro atoms. The summed E-state index contributed by atoms with van der Waals surface area (Å²) in [5.74, 6) is -1.82. The Kier molecular flexibility index (Phi) is 5.02.